The van der Waals surface area contributed by atoms with E-state index in [1.54, 1.807) is 24.3 Å². The van der Waals surface area contributed by atoms with E-state index in [2.05, 4.69) is 20.4 Å². The number of hydrogen-bond acceptors (Lipinski definition) is 7. The number of carbonyl (C=O) groups is 1. The summed E-state index contributed by atoms with van der Waals surface area (Å²) in [7, 11) is -3.65. The van der Waals surface area contributed by atoms with Crippen LogP contribution in [0.25, 0.3) is 0 Å². The number of likely N-dealkylation sites (tertiary alicyclic amines) is 1. The molecule has 0 bridgehead atoms. The molecule has 12 heteroatoms. The van der Waals surface area contributed by atoms with Gasteiger partial charge in [0, 0.05) is 34.6 Å². The van der Waals surface area contributed by atoms with Crippen LogP contribution in [-0.4, -0.2) is 54.8 Å². The van der Waals surface area contributed by atoms with Gasteiger partial charge in [-0.05, 0) is 66.4 Å². The van der Waals surface area contributed by atoms with Crippen LogP contribution in [0.5, 0.6) is 0 Å². The normalized spacial score (nSPS) is 16.0. The third-order valence-electron chi connectivity index (χ3n) is 7.27. The molecule has 212 valence electrons. The van der Waals surface area contributed by atoms with Crippen molar-refractivity contribution in [2.45, 2.75) is 30.8 Å². The topological polar surface area (TPSA) is 95.5 Å². The lowest BCUT2D eigenvalue weighted by molar-refractivity contribution is 0.102. The summed E-state index contributed by atoms with van der Waals surface area (Å²) in [5.74, 6) is 0.0883. The SMILES string of the molecule is CS(=O)(=O)N(c1cccc(C(=O)Nc2nnc(C3CC3)s2)c1)C1CN(C(c2ccc(Cl)cc2)c2ccc(Cl)cc2)C1. The molecule has 1 aliphatic carbocycles. The molecule has 1 aromatic heterocycles. The van der Waals surface area contributed by atoms with Gasteiger partial charge in [-0.3, -0.25) is 19.3 Å². The highest BCUT2D eigenvalue weighted by atomic mass is 35.5. The fraction of sp³-hybridized carbons (Fsp3) is 0.276. The van der Waals surface area contributed by atoms with Crippen molar-refractivity contribution >= 4 is 61.3 Å². The molecule has 41 heavy (non-hydrogen) atoms. The maximum atomic E-state index is 13.1. The van der Waals surface area contributed by atoms with Crippen molar-refractivity contribution in [3.63, 3.8) is 0 Å². The summed E-state index contributed by atoms with van der Waals surface area (Å²) in [4.78, 5) is 15.2. The first-order valence-corrected chi connectivity index (χ1v) is 16.6. The van der Waals surface area contributed by atoms with E-state index in [1.807, 2.05) is 48.5 Å². The van der Waals surface area contributed by atoms with Gasteiger partial charge in [0.25, 0.3) is 5.91 Å². The number of nitrogens with one attached hydrogen (secondary N) is 1. The lowest BCUT2D eigenvalue weighted by Gasteiger charge is -2.48. The van der Waals surface area contributed by atoms with Crippen LogP contribution in [-0.2, 0) is 10.0 Å². The zero-order chi connectivity index (χ0) is 28.7. The molecule has 1 saturated carbocycles. The number of rotatable bonds is 9. The van der Waals surface area contributed by atoms with Crippen LogP contribution in [0.3, 0.4) is 0 Å². The number of amides is 1. The van der Waals surface area contributed by atoms with Crippen LogP contribution >= 0.6 is 34.5 Å². The third kappa shape index (κ3) is 6.27. The van der Waals surface area contributed by atoms with Crippen LogP contribution in [0.15, 0.2) is 72.8 Å². The molecule has 1 aliphatic heterocycles. The Morgan fingerprint density at radius 3 is 2.15 bits per heavy atom. The Morgan fingerprint density at radius 1 is 0.976 bits per heavy atom. The van der Waals surface area contributed by atoms with Gasteiger partial charge in [0.2, 0.25) is 15.2 Å². The molecule has 1 N–H and O–H groups in total. The van der Waals surface area contributed by atoms with Crippen molar-refractivity contribution in [1.29, 1.82) is 0 Å². The van der Waals surface area contributed by atoms with Gasteiger partial charge < -0.3 is 0 Å². The molecule has 2 aliphatic rings. The Labute approximate surface area is 253 Å². The molecule has 2 fully saturated rings. The van der Waals surface area contributed by atoms with Gasteiger partial charge in [0.1, 0.15) is 5.01 Å². The van der Waals surface area contributed by atoms with Gasteiger partial charge in [0.05, 0.1) is 24.0 Å². The van der Waals surface area contributed by atoms with Crippen LogP contribution in [0.4, 0.5) is 10.8 Å². The van der Waals surface area contributed by atoms with Crippen LogP contribution in [0.1, 0.15) is 51.3 Å². The number of sulfonamides is 1. The van der Waals surface area contributed by atoms with E-state index < -0.39 is 10.0 Å². The standard InChI is InChI=1S/C29H27Cl2N5O3S2/c1-41(38,39)36(24-4-2-3-21(15-24)27(37)32-29-34-33-28(40-29)20-5-6-20)25-16-35(17-25)26(18-7-11-22(30)12-8-18)19-9-13-23(31)14-10-19/h2-4,7-15,20,25-26H,5-6,16-17H2,1H3,(H,32,34,37). The van der Waals surface area contributed by atoms with E-state index in [4.69, 9.17) is 23.2 Å². The average molecular weight is 629 g/mol. The molecule has 1 amide bonds. The summed E-state index contributed by atoms with van der Waals surface area (Å²) in [5, 5.41) is 13.7. The fourth-order valence-corrected chi connectivity index (χ4v) is 7.49. The molecule has 6 rings (SSSR count). The first kappa shape index (κ1) is 28.1. The number of nitrogens with zero attached hydrogens (tertiary/aromatic N) is 4. The lowest BCUT2D eigenvalue weighted by Crippen LogP contribution is -2.61. The Balaban J connectivity index is 1.22. The third-order valence-corrected chi connectivity index (χ3v) is 10.00. The van der Waals surface area contributed by atoms with E-state index in [-0.39, 0.29) is 18.0 Å². The molecule has 4 aromatic rings. The summed E-state index contributed by atoms with van der Waals surface area (Å²) in [5.41, 5.74) is 2.87. The number of aromatic nitrogens is 2. The van der Waals surface area contributed by atoms with Crippen LogP contribution in [0.2, 0.25) is 10.0 Å². The molecule has 0 unspecified atom stereocenters. The van der Waals surface area contributed by atoms with Gasteiger partial charge in [-0.1, -0.05) is 64.9 Å². The maximum absolute atomic E-state index is 13.1. The monoisotopic (exact) mass is 627 g/mol. The number of anilines is 2. The van der Waals surface area contributed by atoms with E-state index in [0.29, 0.717) is 45.4 Å². The summed E-state index contributed by atoms with van der Waals surface area (Å²) < 4.78 is 27.5. The van der Waals surface area contributed by atoms with Gasteiger partial charge in [-0.25, -0.2) is 8.42 Å². The first-order chi connectivity index (χ1) is 19.7. The minimum atomic E-state index is -3.65. The van der Waals surface area contributed by atoms with E-state index in [0.717, 1.165) is 29.0 Å². The number of carbonyl (C=O) groups excluding carboxylic acids is 1. The summed E-state index contributed by atoms with van der Waals surface area (Å²) in [6, 6.07) is 21.6. The molecular formula is C29H27Cl2N5O3S2. The van der Waals surface area contributed by atoms with Gasteiger partial charge in [0.15, 0.2) is 0 Å². The molecule has 0 atom stereocenters. The second kappa shape index (κ2) is 11.3. The van der Waals surface area contributed by atoms with Crippen molar-refractivity contribution in [1.82, 2.24) is 15.1 Å². The second-order valence-electron chi connectivity index (χ2n) is 10.4. The zero-order valence-corrected chi connectivity index (χ0v) is 25.2. The van der Waals surface area contributed by atoms with E-state index in [1.165, 1.54) is 21.9 Å². The molecule has 0 radical (unpaired) electrons. The number of benzene rings is 3. The van der Waals surface area contributed by atoms with Crippen molar-refractivity contribution in [3.8, 4) is 0 Å². The minimum absolute atomic E-state index is 0.105. The van der Waals surface area contributed by atoms with Crippen molar-refractivity contribution in [2.75, 3.05) is 29.0 Å². The molecule has 8 nitrogen and oxygen atoms in total. The predicted octanol–water partition coefficient (Wildman–Crippen LogP) is 6.21. The minimum Gasteiger partial charge on any atom is -0.296 e. The first-order valence-electron chi connectivity index (χ1n) is 13.1. The summed E-state index contributed by atoms with van der Waals surface area (Å²) >= 11 is 13.7. The van der Waals surface area contributed by atoms with Crippen molar-refractivity contribution in [3.05, 3.63) is 105 Å². The molecular weight excluding hydrogens is 601 g/mol. The van der Waals surface area contributed by atoms with Crippen molar-refractivity contribution < 1.29 is 13.2 Å². The highest BCUT2D eigenvalue weighted by Gasteiger charge is 2.41. The smallest absolute Gasteiger partial charge is 0.257 e. The van der Waals surface area contributed by atoms with Crippen LogP contribution < -0.4 is 9.62 Å². The number of halogens is 2. The summed E-state index contributed by atoms with van der Waals surface area (Å²) in [6.07, 6.45) is 3.40. The predicted molar refractivity (Wildman–Crippen MR) is 164 cm³/mol. The Bertz CT molecular complexity index is 1620. The maximum Gasteiger partial charge on any atom is 0.257 e. The highest BCUT2D eigenvalue weighted by molar-refractivity contribution is 7.92. The average Bonchev–Trinajstić information content (AvgIpc) is 3.67. The zero-order valence-electron chi connectivity index (χ0n) is 22.1. The fourth-order valence-electron chi connectivity index (χ4n) is 5.16. The highest BCUT2D eigenvalue weighted by Crippen LogP contribution is 2.42. The Hall–Kier alpha value is -3.02. The van der Waals surface area contributed by atoms with Gasteiger partial charge >= 0.3 is 0 Å². The van der Waals surface area contributed by atoms with Crippen molar-refractivity contribution in [2.24, 2.45) is 0 Å². The quantitative estimate of drug-likeness (QED) is 0.237. The number of hydrogen-bond donors (Lipinski definition) is 1. The van der Waals surface area contributed by atoms with E-state index >= 15 is 0 Å². The summed E-state index contributed by atoms with van der Waals surface area (Å²) in [6.45, 7) is 0.988. The van der Waals surface area contributed by atoms with Gasteiger partial charge in [-0.15, -0.1) is 10.2 Å². The molecule has 0 spiro atoms. The molecule has 2 heterocycles. The largest absolute Gasteiger partial charge is 0.296 e. The Morgan fingerprint density at radius 2 is 1.59 bits per heavy atom. The van der Waals surface area contributed by atoms with E-state index in [9.17, 15) is 13.2 Å². The second-order valence-corrected chi connectivity index (χ2v) is 14.1. The van der Waals surface area contributed by atoms with Crippen LogP contribution in [0, 0.1) is 0 Å². The van der Waals surface area contributed by atoms with Gasteiger partial charge in [-0.2, -0.15) is 0 Å². The molecule has 1 saturated heterocycles. The molecule has 3 aromatic carbocycles. The Kier molecular flexibility index (Phi) is 7.78. The lowest BCUT2D eigenvalue weighted by atomic mass is 9.93.